The Hall–Kier alpha value is -1.32. The molecule has 0 bridgehead atoms. The van der Waals surface area contributed by atoms with Crippen molar-refractivity contribution in [2.75, 3.05) is 11.6 Å². The number of nitriles is 1. The summed E-state index contributed by atoms with van der Waals surface area (Å²) in [5, 5.41) is 19.8. The predicted molar refractivity (Wildman–Crippen MR) is 61.7 cm³/mol. The lowest BCUT2D eigenvalue weighted by molar-refractivity contribution is -0.388. The van der Waals surface area contributed by atoms with E-state index in [4.69, 9.17) is 16.9 Å². The largest absolute Gasteiger partial charge is 0.318 e. The number of rotatable bonds is 5. The zero-order valence-corrected chi connectivity index (χ0v) is 9.79. The SMILES string of the molecule is N#Cc1ccnc(SCCCCl)c1[N+](=O)[O-]. The Morgan fingerprint density at radius 3 is 3.00 bits per heavy atom. The minimum absolute atomic E-state index is 0.0355. The molecule has 0 aliphatic heterocycles. The molecule has 0 saturated carbocycles. The third-order valence-electron chi connectivity index (χ3n) is 1.71. The zero-order chi connectivity index (χ0) is 12.0. The number of nitro groups is 1. The molecule has 1 aromatic heterocycles. The normalized spacial score (nSPS) is 9.75. The number of alkyl halides is 1. The van der Waals surface area contributed by atoms with Crippen LogP contribution in [-0.2, 0) is 0 Å². The van der Waals surface area contributed by atoms with E-state index >= 15 is 0 Å². The molecule has 0 radical (unpaired) electrons. The Bertz CT molecular complexity index is 433. The monoisotopic (exact) mass is 257 g/mol. The molecule has 1 aromatic rings. The molecular weight excluding hydrogens is 250 g/mol. The molecule has 0 N–H and O–H groups in total. The lowest BCUT2D eigenvalue weighted by Gasteiger charge is -2.01. The number of thioether (sulfide) groups is 1. The van der Waals surface area contributed by atoms with Crippen LogP contribution in [0.25, 0.3) is 0 Å². The maximum absolute atomic E-state index is 10.8. The summed E-state index contributed by atoms with van der Waals surface area (Å²) in [5.74, 6) is 1.14. The van der Waals surface area contributed by atoms with Crippen molar-refractivity contribution in [2.45, 2.75) is 11.4 Å². The molecule has 0 aliphatic rings. The van der Waals surface area contributed by atoms with Gasteiger partial charge in [-0.1, -0.05) is 11.8 Å². The van der Waals surface area contributed by atoms with Crippen molar-refractivity contribution in [1.82, 2.24) is 4.98 Å². The van der Waals surface area contributed by atoms with Gasteiger partial charge in [0.2, 0.25) is 0 Å². The van der Waals surface area contributed by atoms with Gasteiger partial charge in [-0.25, -0.2) is 4.98 Å². The Labute approximate surface area is 102 Å². The smallest absolute Gasteiger partial charge is 0.258 e. The van der Waals surface area contributed by atoms with Gasteiger partial charge in [-0.3, -0.25) is 10.1 Å². The van der Waals surface area contributed by atoms with Crippen molar-refractivity contribution in [3.05, 3.63) is 27.9 Å². The Morgan fingerprint density at radius 2 is 2.44 bits per heavy atom. The first kappa shape index (κ1) is 12.7. The van der Waals surface area contributed by atoms with Crippen molar-refractivity contribution >= 4 is 29.1 Å². The summed E-state index contributed by atoms with van der Waals surface area (Å²) in [6.45, 7) is 0. The second-order valence-corrected chi connectivity index (χ2v) is 4.23. The van der Waals surface area contributed by atoms with Gasteiger partial charge in [-0.2, -0.15) is 5.26 Å². The van der Waals surface area contributed by atoms with Gasteiger partial charge < -0.3 is 0 Å². The highest BCUT2D eigenvalue weighted by Gasteiger charge is 2.20. The fraction of sp³-hybridized carbons (Fsp3) is 0.333. The van der Waals surface area contributed by atoms with E-state index in [9.17, 15) is 10.1 Å². The van der Waals surface area contributed by atoms with Crippen molar-refractivity contribution < 1.29 is 4.92 Å². The molecule has 0 unspecified atom stereocenters. The van der Waals surface area contributed by atoms with E-state index in [1.54, 1.807) is 6.07 Å². The molecule has 1 rings (SSSR count). The second-order valence-electron chi connectivity index (χ2n) is 2.77. The van der Waals surface area contributed by atoms with Gasteiger partial charge in [-0.15, -0.1) is 11.6 Å². The van der Waals surface area contributed by atoms with Gasteiger partial charge in [-0.05, 0) is 12.5 Å². The van der Waals surface area contributed by atoms with Gasteiger partial charge in [0.1, 0.15) is 11.6 Å². The molecule has 0 amide bonds. The highest BCUT2D eigenvalue weighted by atomic mass is 35.5. The third-order valence-corrected chi connectivity index (χ3v) is 3.04. The minimum Gasteiger partial charge on any atom is -0.258 e. The Kier molecular flexibility index (Phi) is 5.02. The maximum atomic E-state index is 10.8. The first-order valence-corrected chi connectivity index (χ1v) is 5.95. The van der Waals surface area contributed by atoms with Gasteiger partial charge in [0.25, 0.3) is 0 Å². The summed E-state index contributed by atoms with van der Waals surface area (Å²) in [6.07, 6.45) is 2.14. The number of hydrogen-bond donors (Lipinski definition) is 0. The van der Waals surface area contributed by atoms with Crippen molar-refractivity contribution in [1.29, 1.82) is 5.26 Å². The zero-order valence-electron chi connectivity index (χ0n) is 8.22. The highest BCUT2D eigenvalue weighted by molar-refractivity contribution is 7.99. The number of nitrogens with zero attached hydrogens (tertiary/aromatic N) is 3. The lowest BCUT2D eigenvalue weighted by atomic mass is 10.2. The van der Waals surface area contributed by atoms with Gasteiger partial charge in [0.05, 0.1) is 4.92 Å². The quantitative estimate of drug-likeness (QED) is 0.266. The average molecular weight is 258 g/mol. The standard InChI is InChI=1S/C9H8ClN3O2S/c10-3-1-5-16-9-8(13(14)15)7(6-11)2-4-12-9/h2,4H,1,3,5H2. The third kappa shape index (κ3) is 3.08. The molecule has 16 heavy (non-hydrogen) atoms. The van der Waals surface area contributed by atoms with E-state index < -0.39 is 4.92 Å². The first-order chi connectivity index (χ1) is 7.70. The van der Waals surface area contributed by atoms with Gasteiger partial charge in [0.15, 0.2) is 5.03 Å². The number of aromatic nitrogens is 1. The summed E-state index contributed by atoms with van der Waals surface area (Å²) in [6, 6.07) is 3.12. The molecular formula is C9H8ClN3O2S. The number of hydrogen-bond acceptors (Lipinski definition) is 5. The van der Waals surface area contributed by atoms with Crippen molar-refractivity contribution in [3.63, 3.8) is 0 Å². The fourth-order valence-electron chi connectivity index (χ4n) is 1.03. The van der Waals surface area contributed by atoms with Crippen molar-refractivity contribution in [2.24, 2.45) is 0 Å². The first-order valence-electron chi connectivity index (χ1n) is 4.43. The van der Waals surface area contributed by atoms with E-state index in [1.807, 2.05) is 0 Å². The predicted octanol–water partition coefficient (Wildman–Crippen LogP) is 2.58. The van der Waals surface area contributed by atoms with Crippen LogP contribution in [0.5, 0.6) is 0 Å². The summed E-state index contributed by atoms with van der Waals surface area (Å²) in [7, 11) is 0. The molecule has 84 valence electrons. The highest BCUT2D eigenvalue weighted by Crippen LogP contribution is 2.30. The van der Waals surface area contributed by atoms with Gasteiger partial charge in [0, 0.05) is 17.8 Å². The van der Waals surface area contributed by atoms with E-state index in [0.717, 1.165) is 6.42 Å². The molecule has 0 aliphatic carbocycles. The van der Waals surface area contributed by atoms with Crippen LogP contribution >= 0.6 is 23.4 Å². The molecule has 5 nitrogen and oxygen atoms in total. The summed E-state index contributed by atoms with van der Waals surface area (Å²) in [5.41, 5.74) is -0.182. The summed E-state index contributed by atoms with van der Waals surface area (Å²) >= 11 is 6.75. The number of halogens is 1. The van der Waals surface area contributed by atoms with Crippen LogP contribution in [0.15, 0.2) is 17.3 Å². The topological polar surface area (TPSA) is 79.8 Å². The molecule has 0 saturated heterocycles. The van der Waals surface area contributed by atoms with E-state index in [-0.39, 0.29) is 16.3 Å². The maximum Gasteiger partial charge on any atom is 0.318 e. The Balaban J connectivity index is 2.99. The molecule has 1 heterocycles. The molecule has 7 heteroatoms. The minimum atomic E-state index is -0.575. The van der Waals surface area contributed by atoms with Gasteiger partial charge >= 0.3 is 5.69 Å². The molecule has 0 atom stereocenters. The van der Waals surface area contributed by atoms with Crippen LogP contribution in [-0.4, -0.2) is 21.5 Å². The van der Waals surface area contributed by atoms with Crippen LogP contribution in [0.1, 0.15) is 12.0 Å². The van der Waals surface area contributed by atoms with E-state index in [2.05, 4.69) is 4.98 Å². The Morgan fingerprint density at radius 1 is 1.69 bits per heavy atom. The van der Waals surface area contributed by atoms with Crippen LogP contribution in [0, 0.1) is 21.4 Å². The molecule has 0 fully saturated rings. The lowest BCUT2D eigenvalue weighted by Crippen LogP contribution is -1.97. The van der Waals surface area contributed by atoms with Crippen LogP contribution in [0.4, 0.5) is 5.69 Å². The number of pyridine rings is 1. The van der Waals surface area contributed by atoms with Crippen molar-refractivity contribution in [3.8, 4) is 6.07 Å². The average Bonchev–Trinajstić information content (AvgIpc) is 2.28. The van der Waals surface area contributed by atoms with E-state index in [0.29, 0.717) is 11.6 Å². The van der Waals surface area contributed by atoms with E-state index in [1.165, 1.54) is 24.0 Å². The molecule has 0 spiro atoms. The summed E-state index contributed by atoms with van der Waals surface area (Å²) in [4.78, 5) is 14.1. The van der Waals surface area contributed by atoms with Crippen LogP contribution in [0.3, 0.4) is 0 Å². The second kappa shape index (κ2) is 6.30. The molecule has 0 aromatic carbocycles. The fourth-order valence-corrected chi connectivity index (χ4v) is 2.26. The van der Waals surface area contributed by atoms with Crippen LogP contribution < -0.4 is 0 Å². The van der Waals surface area contributed by atoms with Crippen LogP contribution in [0.2, 0.25) is 0 Å². The summed E-state index contributed by atoms with van der Waals surface area (Å²) < 4.78 is 0.